The Morgan fingerprint density at radius 3 is 2.64 bits per heavy atom. The molecule has 8 heteroatoms. The van der Waals surface area contributed by atoms with Gasteiger partial charge in [-0.25, -0.2) is 9.37 Å². The van der Waals surface area contributed by atoms with E-state index in [1.165, 1.54) is 17.4 Å². The average molecular weight is 465 g/mol. The van der Waals surface area contributed by atoms with Gasteiger partial charge >= 0.3 is 0 Å². The molecular weight excluding hydrogens is 439 g/mol. The molecule has 1 unspecified atom stereocenters. The monoisotopic (exact) mass is 464 g/mol. The number of nitrogens with zero attached hydrogens (tertiary/aromatic N) is 4. The summed E-state index contributed by atoms with van der Waals surface area (Å²) < 4.78 is 14.5. The zero-order valence-corrected chi connectivity index (χ0v) is 19.2. The summed E-state index contributed by atoms with van der Waals surface area (Å²) in [6.07, 6.45) is 2.10. The molecule has 2 aromatic carbocycles. The minimum absolute atomic E-state index is 0.0194. The standard InChI is InChI=1S/C25H25FN4O2S/c1-17-4-2-7-21(26)23(17)18-5-3-6-19(14-18)30-16-20(15-22(30)31)28-9-11-29(12-10-28)25(32)24-27-8-13-33-24/h2-8,13-14,20H,9-12,15-16H2,1H3. The van der Waals surface area contributed by atoms with E-state index in [0.29, 0.717) is 36.6 Å². The van der Waals surface area contributed by atoms with E-state index in [0.717, 1.165) is 29.9 Å². The molecule has 1 atom stereocenters. The van der Waals surface area contributed by atoms with Gasteiger partial charge in [0.1, 0.15) is 5.82 Å². The molecule has 0 bridgehead atoms. The highest BCUT2D eigenvalue weighted by atomic mass is 32.1. The van der Waals surface area contributed by atoms with Crippen molar-refractivity contribution in [3.8, 4) is 11.1 Å². The van der Waals surface area contributed by atoms with Crippen molar-refractivity contribution in [1.29, 1.82) is 0 Å². The molecule has 3 heterocycles. The maximum atomic E-state index is 14.5. The summed E-state index contributed by atoms with van der Waals surface area (Å²) in [6.45, 7) is 5.21. The molecule has 5 rings (SSSR count). The first kappa shape index (κ1) is 21.7. The number of aromatic nitrogens is 1. The molecule has 170 valence electrons. The van der Waals surface area contributed by atoms with E-state index in [1.54, 1.807) is 17.2 Å². The smallest absolute Gasteiger partial charge is 0.282 e. The topological polar surface area (TPSA) is 56.8 Å². The van der Waals surface area contributed by atoms with Crippen molar-refractivity contribution in [2.45, 2.75) is 19.4 Å². The summed E-state index contributed by atoms with van der Waals surface area (Å²) in [5.74, 6) is -0.208. The van der Waals surface area contributed by atoms with Crippen LogP contribution >= 0.6 is 11.3 Å². The second-order valence-electron chi connectivity index (χ2n) is 8.51. The summed E-state index contributed by atoms with van der Waals surface area (Å²) in [7, 11) is 0. The molecule has 0 saturated carbocycles. The first-order valence-corrected chi connectivity index (χ1v) is 12.0. The molecule has 2 aliphatic heterocycles. The zero-order valence-electron chi connectivity index (χ0n) is 18.4. The number of piperazine rings is 1. The molecule has 3 aromatic rings. The summed E-state index contributed by atoms with van der Waals surface area (Å²) in [5.41, 5.74) is 3.00. The van der Waals surface area contributed by atoms with E-state index in [-0.39, 0.29) is 23.7 Å². The number of aryl methyl sites for hydroxylation is 1. The number of carbonyl (C=O) groups excluding carboxylic acids is 2. The van der Waals surface area contributed by atoms with Crippen LogP contribution in [0.15, 0.2) is 54.0 Å². The van der Waals surface area contributed by atoms with Gasteiger partial charge in [-0.05, 0) is 36.2 Å². The maximum Gasteiger partial charge on any atom is 0.282 e. The number of carbonyl (C=O) groups is 2. The van der Waals surface area contributed by atoms with Crippen molar-refractivity contribution >= 4 is 28.8 Å². The fraction of sp³-hybridized carbons (Fsp3) is 0.320. The molecule has 0 N–H and O–H groups in total. The summed E-state index contributed by atoms with van der Waals surface area (Å²) in [6, 6.07) is 12.7. The average Bonchev–Trinajstić information content (AvgIpc) is 3.49. The van der Waals surface area contributed by atoms with E-state index < -0.39 is 0 Å². The fourth-order valence-corrected chi connectivity index (χ4v) is 5.37. The Balaban J connectivity index is 1.27. The van der Waals surface area contributed by atoms with Crippen LogP contribution in [0.3, 0.4) is 0 Å². The van der Waals surface area contributed by atoms with Gasteiger partial charge in [-0.2, -0.15) is 0 Å². The normalized spacial score (nSPS) is 19.3. The van der Waals surface area contributed by atoms with Crippen LogP contribution in [0.5, 0.6) is 0 Å². The Bertz CT molecular complexity index is 1150. The first-order valence-electron chi connectivity index (χ1n) is 11.1. The highest BCUT2D eigenvalue weighted by Crippen LogP contribution is 2.32. The zero-order chi connectivity index (χ0) is 22.9. The lowest BCUT2D eigenvalue weighted by atomic mass is 9.99. The lowest BCUT2D eigenvalue weighted by Gasteiger charge is -2.37. The summed E-state index contributed by atoms with van der Waals surface area (Å²) >= 11 is 1.36. The summed E-state index contributed by atoms with van der Waals surface area (Å²) in [5, 5.41) is 2.33. The Morgan fingerprint density at radius 1 is 1.12 bits per heavy atom. The van der Waals surface area contributed by atoms with Crippen molar-refractivity contribution in [2.24, 2.45) is 0 Å². The molecule has 33 heavy (non-hydrogen) atoms. The minimum atomic E-state index is -0.261. The summed E-state index contributed by atoms with van der Waals surface area (Å²) in [4.78, 5) is 35.5. The van der Waals surface area contributed by atoms with E-state index in [2.05, 4.69) is 9.88 Å². The van der Waals surface area contributed by atoms with Crippen molar-refractivity contribution < 1.29 is 14.0 Å². The van der Waals surface area contributed by atoms with Crippen LogP contribution in [0.2, 0.25) is 0 Å². The van der Waals surface area contributed by atoms with Crippen molar-refractivity contribution in [3.05, 3.63) is 70.4 Å². The van der Waals surface area contributed by atoms with Gasteiger partial charge in [0.15, 0.2) is 5.01 Å². The number of amides is 2. The van der Waals surface area contributed by atoms with Gasteiger partial charge in [0.2, 0.25) is 5.91 Å². The van der Waals surface area contributed by atoms with Gasteiger partial charge in [-0.3, -0.25) is 14.5 Å². The van der Waals surface area contributed by atoms with Gasteiger partial charge in [0.25, 0.3) is 5.91 Å². The molecule has 1 aromatic heterocycles. The van der Waals surface area contributed by atoms with Crippen molar-refractivity contribution in [2.75, 3.05) is 37.6 Å². The minimum Gasteiger partial charge on any atom is -0.334 e. The molecule has 0 aliphatic carbocycles. The van der Waals surface area contributed by atoms with Crippen molar-refractivity contribution in [3.63, 3.8) is 0 Å². The van der Waals surface area contributed by atoms with Gasteiger partial charge in [-0.1, -0.05) is 24.3 Å². The molecule has 6 nitrogen and oxygen atoms in total. The molecular formula is C25H25FN4O2S. The van der Waals surface area contributed by atoms with Crippen molar-refractivity contribution in [1.82, 2.24) is 14.8 Å². The van der Waals surface area contributed by atoms with Crippen LogP contribution < -0.4 is 4.90 Å². The van der Waals surface area contributed by atoms with Crippen LogP contribution in [0.25, 0.3) is 11.1 Å². The number of rotatable bonds is 4. The number of benzene rings is 2. The van der Waals surface area contributed by atoms with E-state index in [1.807, 2.05) is 47.5 Å². The molecule has 2 fully saturated rings. The van der Waals surface area contributed by atoms with Crippen LogP contribution in [0.1, 0.15) is 21.8 Å². The van der Waals surface area contributed by atoms with Gasteiger partial charge in [-0.15, -0.1) is 11.3 Å². The van der Waals surface area contributed by atoms with Gasteiger partial charge in [0.05, 0.1) is 0 Å². The third-order valence-corrected chi connectivity index (χ3v) is 7.27. The van der Waals surface area contributed by atoms with Gasteiger partial charge in [0, 0.05) is 68.0 Å². The molecule has 0 radical (unpaired) electrons. The van der Waals surface area contributed by atoms with E-state index in [9.17, 15) is 14.0 Å². The molecule has 2 aliphatic rings. The Kier molecular flexibility index (Phi) is 5.95. The number of anilines is 1. The third-order valence-electron chi connectivity index (χ3n) is 6.51. The second kappa shape index (κ2) is 9.03. The van der Waals surface area contributed by atoms with E-state index in [4.69, 9.17) is 0 Å². The number of hydrogen-bond acceptors (Lipinski definition) is 5. The predicted octanol–water partition coefficient (Wildman–Crippen LogP) is 3.82. The number of halogens is 1. The Hall–Kier alpha value is -3.10. The maximum absolute atomic E-state index is 14.5. The number of thiazole rings is 1. The number of hydrogen-bond donors (Lipinski definition) is 0. The van der Waals surface area contributed by atoms with Gasteiger partial charge < -0.3 is 9.80 Å². The lowest BCUT2D eigenvalue weighted by molar-refractivity contribution is -0.117. The fourth-order valence-electron chi connectivity index (χ4n) is 4.76. The van der Waals surface area contributed by atoms with Crippen LogP contribution in [-0.2, 0) is 4.79 Å². The Labute approximate surface area is 196 Å². The third kappa shape index (κ3) is 4.28. The second-order valence-corrected chi connectivity index (χ2v) is 9.40. The SMILES string of the molecule is Cc1cccc(F)c1-c1cccc(N2CC(N3CCN(C(=O)c4nccs4)CC3)CC2=O)c1. The highest BCUT2D eigenvalue weighted by Gasteiger charge is 2.36. The molecule has 0 spiro atoms. The first-order chi connectivity index (χ1) is 16.0. The highest BCUT2D eigenvalue weighted by molar-refractivity contribution is 7.11. The molecule has 2 amide bonds. The van der Waals surface area contributed by atoms with Crippen LogP contribution in [0, 0.1) is 12.7 Å². The Morgan fingerprint density at radius 2 is 1.91 bits per heavy atom. The largest absolute Gasteiger partial charge is 0.334 e. The van der Waals surface area contributed by atoms with Crippen LogP contribution in [-0.4, -0.2) is 65.4 Å². The van der Waals surface area contributed by atoms with Crippen LogP contribution in [0.4, 0.5) is 10.1 Å². The quantitative estimate of drug-likeness (QED) is 0.589. The lowest BCUT2D eigenvalue weighted by Crippen LogP contribution is -2.52. The van der Waals surface area contributed by atoms with E-state index >= 15 is 0 Å². The predicted molar refractivity (Wildman–Crippen MR) is 127 cm³/mol. The molecule has 2 saturated heterocycles.